The van der Waals surface area contributed by atoms with Gasteiger partial charge in [-0.15, -0.1) is 0 Å². The first-order valence-corrected chi connectivity index (χ1v) is 7.45. The van der Waals surface area contributed by atoms with Crippen LogP contribution in [0.15, 0.2) is 18.9 Å². The lowest BCUT2D eigenvalue weighted by molar-refractivity contribution is 0.558. The predicted octanol–water partition coefficient (Wildman–Crippen LogP) is 1.41. The van der Waals surface area contributed by atoms with Gasteiger partial charge in [0.25, 0.3) is 0 Å². The van der Waals surface area contributed by atoms with E-state index in [0.29, 0.717) is 0 Å². The number of fused-ring (bicyclic) bond motifs is 1. The molecule has 0 radical (unpaired) electrons. The van der Waals surface area contributed by atoms with E-state index in [2.05, 4.69) is 44.3 Å². The molecule has 3 aromatic rings. The molecule has 1 N–H and O–H groups in total. The maximum absolute atomic E-state index is 4.65. The number of aryl methyl sites for hydroxylation is 2. The molecule has 8 heteroatoms. The van der Waals surface area contributed by atoms with Crippen molar-refractivity contribution in [3.63, 3.8) is 0 Å². The number of aromatic nitrogens is 7. The lowest BCUT2D eigenvalue weighted by Crippen LogP contribution is -2.23. The second kappa shape index (κ2) is 6.08. The van der Waals surface area contributed by atoms with Crippen LogP contribution in [0, 0.1) is 0 Å². The largest absolute Gasteiger partial charge is 0.365 e. The van der Waals surface area contributed by atoms with Crippen molar-refractivity contribution in [1.82, 2.24) is 34.5 Å². The molecule has 0 saturated carbocycles. The molecule has 1 atom stereocenters. The predicted molar refractivity (Wildman–Crippen MR) is 83.4 cm³/mol. The van der Waals surface area contributed by atoms with E-state index in [4.69, 9.17) is 0 Å². The van der Waals surface area contributed by atoms with Crippen LogP contribution in [0.1, 0.15) is 26.1 Å². The molecule has 0 aliphatic carbocycles. The lowest BCUT2D eigenvalue weighted by atomic mass is 10.3. The average molecular weight is 300 g/mol. The van der Waals surface area contributed by atoms with Crippen molar-refractivity contribution in [1.29, 1.82) is 0 Å². The number of rotatable bonds is 6. The zero-order valence-corrected chi connectivity index (χ0v) is 13.1. The van der Waals surface area contributed by atoms with Crippen LogP contribution in [0.25, 0.3) is 11.0 Å². The third kappa shape index (κ3) is 2.90. The van der Waals surface area contributed by atoms with Crippen molar-refractivity contribution in [2.24, 2.45) is 7.05 Å². The first-order chi connectivity index (χ1) is 10.7. The van der Waals surface area contributed by atoms with Gasteiger partial charge in [-0.25, -0.2) is 15.0 Å². The van der Waals surface area contributed by atoms with E-state index in [1.54, 1.807) is 21.9 Å². The number of nitrogens with one attached hydrogen (secondary N) is 1. The Balaban J connectivity index is 1.88. The molecule has 22 heavy (non-hydrogen) atoms. The van der Waals surface area contributed by atoms with Crippen molar-refractivity contribution >= 4 is 16.9 Å². The van der Waals surface area contributed by atoms with Crippen LogP contribution in [0.2, 0.25) is 0 Å². The minimum Gasteiger partial charge on any atom is -0.365 e. The summed E-state index contributed by atoms with van der Waals surface area (Å²) >= 11 is 0. The summed E-state index contributed by atoms with van der Waals surface area (Å²) in [6, 6.07) is 0.162. The van der Waals surface area contributed by atoms with Crippen LogP contribution in [0.4, 0.5) is 5.82 Å². The number of hydrogen-bond donors (Lipinski definition) is 1. The molecule has 116 valence electrons. The fraction of sp³-hybridized carbons (Fsp3) is 0.500. The Labute approximate surface area is 128 Å². The summed E-state index contributed by atoms with van der Waals surface area (Å²) < 4.78 is 3.58. The van der Waals surface area contributed by atoms with E-state index < -0.39 is 0 Å². The van der Waals surface area contributed by atoms with Crippen molar-refractivity contribution < 1.29 is 0 Å². The van der Waals surface area contributed by atoms with Crippen LogP contribution in [0.3, 0.4) is 0 Å². The minimum absolute atomic E-state index is 0.162. The Hall–Kier alpha value is -2.51. The third-order valence-electron chi connectivity index (χ3n) is 3.42. The van der Waals surface area contributed by atoms with E-state index in [0.717, 1.165) is 42.1 Å². The van der Waals surface area contributed by atoms with E-state index >= 15 is 0 Å². The summed E-state index contributed by atoms with van der Waals surface area (Å²) in [6.45, 7) is 4.93. The molecule has 0 fully saturated rings. The van der Waals surface area contributed by atoms with Crippen molar-refractivity contribution in [3.8, 4) is 0 Å². The molecule has 0 aliphatic rings. The Bertz CT molecular complexity index is 746. The molecular weight excluding hydrogens is 280 g/mol. The van der Waals surface area contributed by atoms with E-state index in [9.17, 15) is 0 Å². The van der Waals surface area contributed by atoms with Gasteiger partial charge in [0.15, 0.2) is 5.65 Å². The summed E-state index contributed by atoms with van der Waals surface area (Å²) in [5.74, 6) is 1.67. The lowest BCUT2D eigenvalue weighted by Gasteiger charge is -2.15. The molecule has 0 unspecified atom stereocenters. The molecule has 0 amide bonds. The van der Waals surface area contributed by atoms with Gasteiger partial charge in [-0.1, -0.05) is 6.92 Å². The molecule has 3 aromatic heterocycles. The van der Waals surface area contributed by atoms with Crippen molar-refractivity contribution in [2.75, 3.05) is 5.32 Å². The van der Waals surface area contributed by atoms with Gasteiger partial charge in [0, 0.05) is 19.5 Å². The number of hydrogen-bond acceptors (Lipinski definition) is 6. The number of anilines is 1. The van der Waals surface area contributed by atoms with Crippen LogP contribution >= 0.6 is 0 Å². The summed E-state index contributed by atoms with van der Waals surface area (Å²) in [5, 5.41) is 12.8. The summed E-state index contributed by atoms with van der Waals surface area (Å²) in [6.07, 6.45) is 6.91. The molecule has 3 rings (SSSR count). The van der Waals surface area contributed by atoms with Crippen molar-refractivity contribution in [2.45, 2.75) is 39.3 Å². The SMILES string of the molecule is CCCc1nc(N[C@H](C)Cn2cncn2)c2cnn(C)c2n1. The highest BCUT2D eigenvalue weighted by Gasteiger charge is 2.13. The summed E-state index contributed by atoms with van der Waals surface area (Å²) in [5.41, 5.74) is 0.855. The smallest absolute Gasteiger partial charge is 0.163 e. The van der Waals surface area contributed by atoms with Crippen LogP contribution < -0.4 is 5.32 Å². The van der Waals surface area contributed by atoms with E-state index in [-0.39, 0.29) is 6.04 Å². The van der Waals surface area contributed by atoms with Crippen LogP contribution in [0.5, 0.6) is 0 Å². The standard InChI is InChI=1S/C14H20N8/c1-4-5-12-19-13(11-6-16-21(3)14(11)20-12)18-10(2)7-22-9-15-8-17-22/h6,8-10H,4-5,7H2,1-3H3,(H,18,19,20)/t10-/m1/s1. The Morgan fingerprint density at radius 3 is 2.86 bits per heavy atom. The quantitative estimate of drug-likeness (QED) is 0.740. The summed E-state index contributed by atoms with van der Waals surface area (Å²) in [7, 11) is 1.90. The third-order valence-corrected chi connectivity index (χ3v) is 3.42. The molecular formula is C14H20N8. The minimum atomic E-state index is 0.162. The fourth-order valence-corrected chi connectivity index (χ4v) is 2.40. The highest BCUT2D eigenvalue weighted by molar-refractivity contribution is 5.86. The zero-order valence-electron chi connectivity index (χ0n) is 13.1. The fourth-order valence-electron chi connectivity index (χ4n) is 2.40. The zero-order chi connectivity index (χ0) is 15.5. The topological polar surface area (TPSA) is 86.3 Å². The van der Waals surface area contributed by atoms with Crippen LogP contribution in [-0.2, 0) is 20.0 Å². The first kappa shape index (κ1) is 14.4. The molecule has 3 heterocycles. The van der Waals surface area contributed by atoms with E-state index in [1.165, 1.54) is 6.33 Å². The van der Waals surface area contributed by atoms with Gasteiger partial charge in [0.2, 0.25) is 0 Å². The van der Waals surface area contributed by atoms with Gasteiger partial charge in [-0.3, -0.25) is 9.36 Å². The first-order valence-electron chi connectivity index (χ1n) is 7.45. The van der Waals surface area contributed by atoms with Gasteiger partial charge < -0.3 is 5.32 Å². The molecule has 0 bridgehead atoms. The molecule has 0 aromatic carbocycles. The Morgan fingerprint density at radius 2 is 2.14 bits per heavy atom. The second-order valence-corrected chi connectivity index (χ2v) is 5.41. The Morgan fingerprint density at radius 1 is 1.27 bits per heavy atom. The Kier molecular flexibility index (Phi) is 3.99. The van der Waals surface area contributed by atoms with Gasteiger partial charge >= 0.3 is 0 Å². The summed E-state index contributed by atoms with van der Waals surface area (Å²) in [4.78, 5) is 13.2. The number of nitrogens with zero attached hydrogens (tertiary/aromatic N) is 7. The maximum atomic E-state index is 4.65. The molecule has 0 spiro atoms. The van der Waals surface area contributed by atoms with Crippen LogP contribution in [-0.4, -0.2) is 40.6 Å². The molecule has 0 saturated heterocycles. The maximum Gasteiger partial charge on any atom is 0.163 e. The van der Waals surface area contributed by atoms with Gasteiger partial charge in [0.1, 0.15) is 24.3 Å². The monoisotopic (exact) mass is 300 g/mol. The highest BCUT2D eigenvalue weighted by atomic mass is 15.3. The normalized spacial score (nSPS) is 12.7. The highest BCUT2D eigenvalue weighted by Crippen LogP contribution is 2.21. The van der Waals surface area contributed by atoms with Crippen molar-refractivity contribution in [3.05, 3.63) is 24.7 Å². The average Bonchev–Trinajstić information content (AvgIpc) is 3.10. The van der Waals surface area contributed by atoms with E-state index in [1.807, 2.05) is 7.05 Å². The molecule has 8 nitrogen and oxygen atoms in total. The van der Waals surface area contributed by atoms with Gasteiger partial charge in [0.05, 0.1) is 18.1 Å². The van der Waals surface area contributed by atoms with Gasteiger partial charge in [-0.05, 0) is 13.3 Å². The second-order valence-electron chi connectivity index (χ2n) is 5.41. The van der Waals surface area contributed by atoms with Gasteiger partial charge in [-0.2, -0.15) is 10.2 Å². The molecule has 0 aliphatic heterocycles.